The summed E-state index contributed by atoms with van der Waals surface area (Å²) in [5, 5.41) is 0.478. The van der Waals surface area contributed by atoms with Crippen LogP contribution in [0.2, 0.25) is 0 Å². The molecule has 0 atom stereocenters. The number of hydrogen-bond acceptors (Lipinski definition) is 4. The van der Waals surface area contributed by atoms with Crippen molar-refractivity contribution in [2.45, 2.75) is 26.1 Å². The Morgan fingerprint density at radius 3 is 2.28 bits per heavy atom. The molecule has 1 aliphatic heterocycles. The fourth-order valence-corrected chi connectivity index (χ4v) is 2.81. The first-order valence-electron chi connectivity index (χ1n) is 5.90. The van der Waals surface area contributed by atoms with Gasteiger partial charge in [0.25, 0.3) is 0 Å². The first-order valence-corrected chi connectivity index (χ1v) is 6.71. The molecule has 1 saturated heterocycles. The number of alkyl halides is 3. The quantitative estimate of drug-likeness (QED) is 0.829. The average Bonchev–Trinajstić information content (AvgIpc) is 2.78. The highest BCUT2D eigenvalue weighted by molar-refractivity contribution is 7.15. The van der Waals surface area contributed by atoms with Crippen LogP contribution in [0.5, 0.6) is 0 Å². The molecule has 0 aliphatic carbocycles. The van der Waals surface area contributed by atoms with Crippen LogP contribution in [0.25, 0.3) is 0 Å². The maximum atomic E-state index is 12.5. The van der Waals surface area contributed by atoms with E-state index in [0.717, 1.165) is 43.7 Å². The summed E-state index contributed by atoms with van der Waals surface area (Å²) in [6.45, 7) is 7.48. The number of rotatable bonds is 2. The van der Waals surface area contributed by atoms with Gasteiger partial charge in [-0.2, -0.15) is 13.2 Å². The molecule has 0 unspecified atom stereocenters. The minimum atomic E-state index is -4.28. The third kappa shape index (κ3) is 2.95. The lowest BCUT2D eigenvalue weighted by molar-refractivity contribution is -0.134. The summed E-state index contributed by atoms with van der Waals surface area (Å²) in [7, 11) is 0. The zero-order valence-corrected chi connectivity index (χ0v) is 11.2. The van der Waals surface area contributed by atoms with Crippen LogP contribution in [-0.2, 0) is 6.18 Å². The summed E-state index contributed by atoms with van der Waals surface area (Å²) in [4.78, 5) is 7.50. The standard InChI is InChI=1S/C11H16F3N3S/c1-8(2)16-3-5-17(6-4-16)10-15-7-9(18-10)11(12,13)14/h7-8H,3-6H2,1-2H3. The molecule has 1 aliphatic rings. The van der Waals surface area contributed by atoms with E-state index < -0.39 is 11.1 Å². The molecular formula is C11H16F3N3S. The number of aromatic nitrogens is 1. The Hall–Kier alpha value is -0.820. The lowest BCUT2D eigenvalue weighted by Crippen LogP contribution is -2.48. The SMILES string of the molecule is CC(C)N1CCN(c2ncc(C(F)(F)F)s2)CC1. The summed E-state index contributed by atoms with van der Waals surface area (Å²) in [6, 6.07) is 0.481. The Morgan fingerprint density at radius 2 is 1.83 bits per heavy atom. The van der Waals surface area contributed by atoms with E-state index in [1.54, 1.807) is 0 Å². The van der Waals surface area contributed by atoms with Crippen molar-refractivity contribution in [3.63, 3.8) is 0 Å². The van der Waals surface area contributed by atoms with E-state index in [4.69, 9.17) is 0 Å². The molecule has 0 radical (unpaired) electrons. The number of piperazine rings is 1. The van der Waals surface area contributed by atoms with Crippen molar-refractivity contribution in [1.82, 2.24) is 9.88 Å². The van der Waals surface area contributed by atoms with Crippen molar-refractivity contribution in [2.75, 3.05) is 31.1 Å². The first kappa shape index (κ1) is 13.6. The molecule has 3 nitrogen and oxygen atoms in total. The van der Waals surface area contributed by atoms with Gasteiger partial charge in [-0.05, 0) is 13.8 Å². The van der Waals surface area contributed by atoms with Crippen molar-refractivity contribution in [3.8, 4) is 0 Å². The van der Waals surface area contributed by atoms with Gasteiger partial charge in [-0.3, -0.25) is 4.90 Å². The zero-order valence-electron chi connectivity index (χ0n) is 10.4. The second-order valence-electron chi connectivity index (χ2n) is 4.62. The minimum absolute atomic E-state index is 0.478. The topological polar surface area (TPSA) is 19.4 Å². The fraction of sp³-hybridized carbons (Fsp3) is 0.727. The van der Waals surface area contributed by atoms with Crippen LogP contribution >= 0.6 is 11.3 Å². The zero-order chi connectivity index (χ0) is 13.3. The van der Waals surface area contributed by atoms with Gasteiger partial charge < -0.3 is 4.90 Å². The molecule has 0 aromatic carbocycles. The lowest BCUT2D eigenvalue weighted by atomic mass is 10.2. The predicted octanol–water partition coefficient (Wildman–Crippen LogP) is 2.69. The molecule has 1 aromatic rings. The highest BCUT2D eigenvalue weighted by Crippen LogP contribution is 2.36. The summed E-state index contributed by atoms with van der Waals surface area (Å²) in [6.07, 6.45) is -3.36. The highest BCUT2D eigenvalue weighted by Gasteiger charge is 2.34. The molecule has 0 saturated carbocycles. The van der Waals surface area contributed by atoms with Crippen LogP contribution in [-0.4, -0.2) is 42.1 Å². The molecule has 1 fully saturated rings. The van der Waals surface area contributed by atoms with Crippen LogP contribution in [0, 0.1) is 0 Å². The van der Waals surface area contributed by atoms with Gasteiger partial charge in [0, 0.05) is 32.2 Å². The smallest absolute Gasteiger partial charge is 0.346 e. The van der Waals surface area contributed by atoms with Gasteiger partial charge in [0.2, 0.25) is 0 Å². The first-order chi connectivity index (χ1) is 8.38. The van der Waals surface area contributed by atoms with Crippen LogP contribution < -0.4 is 4.90 Å². The Balaban J connectivity index is 2.00. The largest absolute Gasteiger partial charge is 0.427 e. The summed E-state index contributed by atoms with van der Waals surface area (Å²) < 4.78 is 37.4. The van der Waals surface area contributed by atoms with E-state index in [-0.39, 0.29) is 0 Å². The summed E-state index contributed by atoms with van der Waals surface area (Å²) in [5.41, 5.74) is 0. The maximum Gasteiger partial charge on any atom is 0.427 e. The van der Waals surface area contributed by atoms with Crippen LogP contribution in [0.1, 0.15) is 18.7 Å². The van der Waals surface area contributed by atoms with Crippen molar-refractivity contribution < 1.29 is 13.2 Å². The second-order valence-corrected chi connectivity index (χ2v) is 5.63. The van der Waals surface area contributed by atoms with Gasteiger partial charge in [-0.25, -0.2) is 4.98 Å². The van der Waals surface area contributed by atoms with Gasteiger partial charge in [0.15, 0.2) is 5.13 Å². The fourth-order valence-electron chi connectivity index (χ4n) is 1.97. The highest BCUT2D eigenvalue weighted by atomic mass is 32.1. The molecule has 2 heterocycles. The Morgan fingerprint density at radius 1 is 1.22 bits per heavy atom. The number of thiazole rings is 1. The minimum Gasteiger partial charge on any atom is -0.346 e. The molecule has 0 N–H and O–H groups in total. The van der Waals surface area contributed by atoms with Gasteiger partial charge >= 0.3 is 6.18 Å². The van der Waals surface area contributed by atoms with Gasteiger partial charge in [0.1, 0.15) is 4.88 Å². The monoisotopic (exact) mass is 279 g/mol. The van der Waals surface area contributed by atoms with Gasteiger partial charge in [0.05, 0.1) is 6.20 Å². The molecule has 0 spiro atoms. The van der Waals surface area contributed by atoms with Crippen molar-refractivity contribution in [3.05, 3.63) is 11.1 Å². The van der Waals surface area contributed by atoms with Crippen LogP contribution in [0.3, 0.4) is 0 Å². The Bertz CT molecular complexity index is 394. The number of anilines is 1. The molecular weight excluding hydrogens is 263 g/mol. The van der Waals surface area contributed by atoms with Crippen molar-refractivity contribution in [2.24, 2.45) is 0 Å². The molecule has 18 heavy (non-hydrogen) atoms. The maximum absolute atomic E-state index is 12.5. The van der Waals surface area contributed by atoms with Crippen molar-refractivity contribution >= 4 is 16.5 Å². The summed E-state index contributed by atoms with van der Waals surface area (Å²) in [5.74, 6) is 0. The molecule has 1 aromatic heterocycles. The van der Waals surface area contributed by atoms with Crippen LogP contribution in [0.4, 0.5) is 18.3 Å². The van der Waals surface area contributed by atoms with E-state index >= 15 is 0 Å². The number of hydrogen-bond donors (Lipinski definition) is 0. The van der Waals surface area contributed by atoms with E-state index in [2.05, 4.69) is 23.7 Å². The molecule has 0 bridgehead atoms. The van der Waals surface area contributed by atoms with Crippen molar-refractivity contribution in [1.29, 1.82) is 0 Å². The van der Waals surface area contributed by atoms with E-state index in [1.807, 2.05) is 4.90 Å². The van der Waals surface area contributed by atoms with Crippen LogP contribution in [0.15, 0.2) is 6.20 Å². The van der Waals surface area contributed by atoms with E-state index in [9.17, 15) is 13.2 Å². The number of halogens is 3. The normalized spacial score (nSPS) is 18.7. The Kier molecular flexibility index (Phi) is 3.82. The molecule has 7 heteroatoms. The van der Waals surface area contributed by atoms with Gasteiger partial charge in [-0.1, -0.05) is 11.3 Å². The lowest BCUT2D eigenvalue weighted by Gasteiger charge is -2.36. The third-order valence-corrected chi connectivity index (χ3v) is 4.19. The number of nitrogens with zero attached hydrogens (tertiary/aromatic N) is 3. The predicted molar refractivity (Wildman–Crippen MR) is 66.0 cm³/mol. The average molecular weight is 279 g/mol. The molecule has 0 amide bonds. The second kappa shape index (κ2) is 5.05. The molecule has 102 valence electrons. The third-order valence-electron chi connectivity index (χ3n) is 3.09. The van der Waals surface area contributed by atoms with E-state index in [0.29, 0.717) is 11.2 Å². The molecule has 2 rings (SSSR count). The van der Waals surface area contributed by atoms with Gasteiger partial charge in [-0.15, -0.1) is 0 Å². The van der Waals surface area contributed by atoms with E-state index in [1.165, 1.54) is 0 Å². The Labute approximate surface area is 108 Å². The summed E-state index contributed by atoms with van der Waals surface area (Å²) >= 11 is 0.727.